The average molecular weight is 330 g/mol. The van der Waals surface area contributed by atoms with E-state index in [0.717, 1.165) is 35.6 Å². The minimum atomic E-state index is 0.101. The summed E-state index contributed by atoms with van der Waals surface area (Å²) in [7, 11) is 4.25. The van der Waals surface area contributed by atoms with Gasteiger partial charge in [-0.2, -0.15) is 0 Å². The molecular formula is C15H24ClN3OS. The molecule has 2 aliphatic rings. The fraction of sp³-hybridized carbons (Fsp3) is 0.800. The maximum absolute atomic E-state index is 6.30. The van der Waals surface area contributed by atoms with Crippen LogP contribution in [0, 0.1) is 0 Å². The van der Waals surface area contributed by atoms with Crippen molar-refractivity contribution in [3.8, 4) is 0 Å². The van der Waals surface area contributed by atoms with Crippen molar-refractivity contribution < 1.29 is 4.74 Å². The monoisotopic (exact) mass is 329 g/mol. The van der Waals surface area contributed by atoms with E-state index in [0.29, 0.717) is 6.04 Å². The van der Waals surface area contributed by atoms with Gasteiger partial charge in [0.05, 0.1) is 24.9 Å². The van der Waals surface area contributed by atoms with Gasteiger partial charge in [-0.15, -0.1) is 11.3 Å². The van der Waals surface area contributed by atoms with Crippen LogP contribution in [0.4, 0.5) is 0 Å². The summed E-state index contributed by atoms with van der Waals surface area (Å²) >= 11 is 7.62. The molecule has 0 aromatic carbocycles. The first kappa shape index (κ1) is 15.7. The molecule has 1 aliphatic heterocycles. The number of hydrogen-bond acceptors (Lipinski definition) is 5. The number of thiazole rings is 1. The Morgan fingerprint density at radius 2 is 2.24 bits per heavy atom. The second-order valence-corrected chi connectivity index (χ2v) is 8.33. The van der Waals surface area contributed by atoms with Gasteiger partial charge in [0.15, 0.2) is 0 Å². The number of aromatic nitrogens is 1. The molecule has 21 heavy (non-hydrogen) atoms. The highest BCUT2D eigenvalue weighted by molar-refractivity contribution is 7.15. The first-order valence-electron chi connectivity index (χ1n) is 7.69. The van der Waals surface area contributed by atoms with Gasteiger partial charge in [-0.25, -0.2) is 4.98 Å². The van der Waals surface area contributed by atoms with Crippen LogP contribution in [0.5, 0.6) is 0 Å². The third kappa shape index (κ3) is 3.77. The number of hydrogen-bond donors (Lipinski definition) is 0. The number of halogens is 1. The normalized spacial score (nSPS) is 26.0. The molecule has 118 valence electrons. The minimum absolute atomic E-state index is 0.101. The third-order valence-electron chi connectivity index (χ3n) is 4.54. The predicted molar refractivity (Wildman–Crippen MR) is 87.0 cm³/mol. The lowest BCUT2D eigenvalue weighted by atomic mass is 9.97. The van der Waals surface area contributed by atoms with Crippen molar-refractivity contribution in [2.75, 3.05) is 33.8 Å². The van der Waals surface area contributed by atoms with Crippen LogP contribution in [-0.2, 0) is 11.3 Å². The van der Waals surface area contributed by atoms with Crippen LogP contribution >= 0.6 is 22.9 Å². The standard InChI is InChI=1S/C15H24ClN3OS/c1-18(2)8-12-10-20-15(5-3-4-6-15)11-19(12)9-14-17-7-13(16)21-14/h7,12H,3-6,8-11H2,1-2H3. The highest BCUT2D eigenvalue weighted by Gasteiger charge is 2.42. The van der Waals surface area contributed by atoms with Gasteiger partial charge in [0.1, 0.15) is 9.34 Å². The third-order valence-corrected chi connectivity index (χ3v) is 5.64. The van der Waals surface area contributed by atoms with Crippen LogP contribution in [0.3, 0.4) is 0 Å². The van der Waals surface area contributed by atoms with Crippen molar-refractivity contribution in [2.24, 2.45) is 0 Å². The Hall–Kier alpha value is -0.200. The Balaban J connectivity index is 1.72. The summed E-state index contributed by atoms with van der Waals surface area (Å²) in [5, 5.41) is 1.11. The molecule has 1 saturated carbocycles. The highest BCUT2D eigenvalue weighted by atomic mass is 35.5. The minimum Gasteiger partial charge on any atom is -0.372 e. The van der Waals surface area contributed by atoms with Crippen LogP contribution in [-0.4, -0.2) is 60.2 Å². The molecular weight excluding hydrogens is 306 g/mol. The van der Waals surface area contributed by atoms with E-state index in [9.17, 15) is 0 Å². The predicted octanol–water partition coefficient (Wildman–Crippen LogP) is 2.87. The molecule has 0 bridgehead atoms. The zero-order valence-corrected chi connectivity index (χ0v) is 14.4. The van der Waals surface area contributed by atoms with Gasteiger partial charge in [-0.05, 0) is 26.9 Å². The van der Waals surface area contributed by atoms with Crippen molar-refractivity contribution >= 4 is 22.9 Å². The van der Waals surface area contributed by atoms with E-state index < -0.39 is 0 Å². The number of nitrogens with zero attached hydrogens (tertiary/aromatic N) is 3. The number of ether oxygens (including phenoxy) is 1. The maximum atomic E-state index is 6.30. The summed E-state index contributed by atoms with van der Waals surface area (Å²) in [6, 6.07) is 0.439. The number of morpholine rings is 1. The fourth-order valence-corrected chi connectivity index (χ4v) is 4.54. The zero-order chi connectivity index (χ0) is 14.9. The Labute approximate surface area is 136 Å². The van der Waals surface area contributed by atoms with Crippen molar-refractivity contribution in [2.45, 2.75) is 43.9 Å². The van der Waals surface area contributed by atoms with Crippen LogP contribution in [0.25, 0.3) is 0 Å². The SMILES string of the molecule is CN(C)CC1COC2(CCCC2)CN1Cc1ncc(Cl)s1. The Kier molecular flexibility index (Phi) is 4.86. The smallest absolute Gasteiger partial charge is 0.113 e. The number of rotatable bonds is 4. The summed E-state index contributed by atoms with van der Waals surface area (Å²) in [4.78, 5) is 9.23. The van der Waals surface area contributed by atoms with Gasteiger partial charge in [0, 0.05) is 19.1 Å². The molecule has 1 aliphatic carbocycles. The van der Waals surface area contributed by atoms with Gasteiger partial charge < -0.3 is 9.64 Å². The van der Waals surface area contributed by atoms with Gasteiger partial charge in [0.25, 0.3) is 0 Å². The van der Waals surface area contributed by atoms with Crippen molar-refractivity contribution in [3.05, 3.63) is 15.5 Å². The van der Waals surface area contributed by atoms with Crippen LogP contribution in [0.15, 0.2) is 6.20 Å². The van der Waals surface area contributed by atoms with E-state index in [-0.39, 0.29) is 5.60 Å². The van der Waals surface area contributed by atoms with E-state index in [2.05, 4.69) is 28.9 Å². The van der Waals surface area contributed by atoms with E-state index >= 15 is 0 Å². The van der Waals surface area contributed by atoms with E-state index in [4.69, 9.17) is 16.3 Å². The van der Waals surface area contributed by atoms with E-state index in [1.54, 1.807) is 17.5 Å². The van der Waals surface area contributed by atoms with Crippen molar-refractivity contribution in [3.63, 3.8) is 0 Å². The first-order chi connectivity index (χ1) is 10.1. The lowest BCUT2D eigenvalue weighted by Gasteiger charge is -2.45. The van der Waals surface area contributed by atoms with Crippen LogP contribution in [0.1, 0.15) is 30.7 Å². The summed E-state index contributed by atoms with van der Waals surface area (Å²) in [6.07, 6.45) is 6.77. The molecule has 1 aromatic heterocycles. The fourth-order valence-electron chi connectivity index (χ4n) is 3.55. The molecule has 0 N–H and O–H groups in total. The second-order valence-electron chi connectivity index (χ2n) is 6.58. The van der Waals surface area contributed by atoms with E-state index in [1.807, 2.05) is 0 Å². The number of likely N-dealkylation sites (N-methyl/N-ethyl adjacent to an activating group) is 1. The molecule has 4 nitrogen and oxygen atoms in total. The van der Waals surface area contributed by atoms with Gasteiger partial charge >= 0.3 is 0 Å². The quantitative estimate of drug-likeness (QED) is 0.849. The molecule has 2 fully saturated rings. The Morgan fingerprint density at radius 1 is 1.48 bits per heavy atom. The Morgan fingerprint density at radius 3 is 2.86 bits per heavy atom. The van der Waals surface area contributed by atoms with Gasteiger partial charge in [-0.1, -0.05) is 24.4 Å². The van der Waals surface area contributed by atoms with Crippen molar-refractivity contribution in [1.29, 1.82) is 0 Å². The molecule has 6 heteroatoms. The Bertz CT molecular complexity index is 473. The summed E-state index contributed by atoms with van der Waals surface area (Å²) in [6.45, 7) is 3.77. The summed E-state index contributed by atoms with van der Waals surface area (Å²) < 4.78 is 7.08. The maximum Gasteiger partial charge on any atom is 0.113 e. The van der Waals surface area contributed by atoms with Gasteiger partial charge in [0.2, 0.25) is 0 Å². The molecule has 0 radical (unpaired) electrons. The molecule has 1 saturated heterocycles. The molecule has 1 spiro atoms. The van der Waals surface area contributed by atoms with E-state index in [1.165, 1.54) is 25.7 Å². The summed E-state index contributed by atoms with van der Waals surface area (Å²) in [5.74, 6) is 0. The topological polar surface area (TPSA) is 28.6 Å². The van der Waals surface area contributed by atoms with Crippen LogP contribution < -0.4 is 0 Å². The average Bonchev–Trinajstić information content (AvgIpc) is 3.03. The van der Waals surface area contributed by atoms with Crippen LogP contribution in [0.2, 0.25) is 4.34 Å². The second kappa shape index (κ2) is 6.50. The lowest BCUT2D eigenvalue weighted by Crippen LogP contribution is -2.57. The van der Waals surface area contributed by atoms with Crippen molar-refractivity contribution in [1.82, 2.24) is 14.8 Å². The zero-order valence-electron chi connectivity index (χ0n) is 12.8. The first-order valence-corrected chi connectivity index (χ1v) is 8.89. The highest BCUT2D eigenvalue weighted by Crippen LogP contribution is 2.38. The molecule has 1 aromatic rings. The largest absolute Gasteiger partial charge is 0.372 e. The molecule has 1 unspecified atom stereocenters. The molecule has 2 heterocycles. The molecule has 3 rings (SSSR count). The van der Waals surface area contributed by atoms with Gasteiger partial charge in [-0.3, -0.25) is 4.90 Å². The summed E-state index contributed by atoms with van der Waals surface area (Å²) in [5.41, 5.74) is 0.101. The lowest BCUT2D eigenvalue weighted by molar-refractivity contribution is -0.136. The molecule has 1 atom stereocenters. The molecule has 0 amide bonds.